The summed E-state index contributed by atoms with van der Waals surface area (Å²) in [6.07, 6.45) is 13.6. The number of carbonyl (C=O) groups is 3. The molecule has 0 atom stereocenters. The molecule has 0 radical (unpaired) electrons. The molecule has 2 aromatic heterocycles. The number of hydrogen-bond acceptors (Lipinski definition) is 6. The fourth-order valence-corrected chi connectivity index (χ4v) is 7.60. The third-order valence-corrected chi connectivity index (χ3v) is 9.99. The van der Waals surface area contributed by atoms with Crippen molar-refractivity contribution in [3.05, 3.63) is 83.6 Å². The van der Waals surface area contributed by atoms with Gasteiger partial charge in [0.2, 0.25) is 11.8 Å². The molecule has 2 aromatic carbocycles. The molecular formula is C38H40N4O5. The Balaban J connectivity index is 1.18. The maximum atomic E-state index is 14.0. The van der Waals surface area contributed by atoms with Gasteiger partial charge in [-0.25, -0.2) is 9.78 Å². The second-order valence-corrected chi connectivity index (χ2v) is 12.9. The summed E-state index contributed by atoms with van der Waals surface area (Å²) in [5, 5.41) is 7.36. The summed E-state index contributed by atoms with van der Waals surface area (Å²) in [4.78, 5) is 43.7. The number of aromatic nitrogens is 2. The molecule has 1 aliphatic heterocycles. The smallest absolute Gasteiger partial charge is 0.330 e. The Labute approximate surface area is 274 Å². The molecule has 0 spiro atoms. The van der Waals surface area contributed by atoms with Gasteiger partial charge >= 0.3 is 5.97 Å². The Kier molecular flexibility index (Phi) is 8.54. The maximum Gasteiger partial charge on any atom is 0.330 e. The maximum absolute atomic E-state index is 14.0. The summed E-state index contributed by atoms with van der Waals surface area (Å²) in [7, 11) is 1.33. The average Bonchev–Trinajstić information content (AvgIpc) is 3.66. The van der Waals surface area contributed by atoms with Gasteiger partial charge in [-0.1, -0.05) is 50.3 Å². The molecule has 47 heavy (non-hydrogen) atoms. The van der Waals surface area contributed by atoms with Gasteiger partial charge in [0.1, 0.15) is 12.1 Å². The molecule has 0 bridgehead atoms. The van der Waals surface area contributed by atoms with E-state index in [1.54, 1.807) is 24.4 Å². The van der Waals surface area contributed by atoms with Gasteiger partial charge < -0.3 is 24.7 Å². The lowest BCUT2D eigenvalue weighted by Crippen LogP contribution is -2.55. The van der Waals surface area contributed by atoms with Crippen LogP contribution in [0.25, 0.3) is 28.2 Å². The third-order valence-electron chi connectivity index (χ3n) is 9.99. The number of fused-ring (bicyclic) bond motifs is 5. The highest BCUT2D eigenvalue weighted by molar-refractivity contribution is 6.06. The fourth-order valence-electron chi connectivity index (χ4n) is 7.60. The van der Waals surface area contributed by atoms with Crippen LogP contribution >= 0.6 is 0 Å². The van der Waals surface area contributed by atoms with Crippen LogP contribution in [0.15, 0.2) is 66.9 Å². The lowest BCUT2D eigenvalue weighted by molar-refractivity contribution is -0.134. The van der Waals surface area contributed by atoms with Crippen molar-refractivity contribution in [2.45, 2.75) is 75.8 Å². The van der Waals surface area contributed by atoms with Gasteiger partial charge in [-0.15, -0.1) is 0 Å². The van der Waals surface area contributed by atoms with Gasteiger partial charge in [0.15, 0.2) is 0 Å². The molecule has 3 heterocycles. The monoisotopic (exact) mass is 632 g/mol. The van der Waals surface area contributed by atoms with Crippen LogP contribution in [0, 0.1) is 0 Å². The number of methoxy groups -OCH3 is 1. The molecule has 9 nitrogen and oxygen atoms in total. The van der Waals surface area contributed by atoms with Crippen molar-refractivity contribution < 1.29 is 23.9 Å². The van der Waals surface area contributed by atoms with E-state index in [4.69, 9.17) is 4.74 Å². The second-order valence-electron chi connectivity index (χ2n) is 12.9. The predicted molar refractivity (Wildman–Crippen MR) is 181 cm³/mol. The topological polar surface area (TPSA) is 112 Å². The van der Waals surface area contributed by atoms with E-state index in [0.717, 1.165) is 48.0 Å². The van der Waals surface area contributed by atoms with Crippen LogP contribution in [0.5, 0.6) is 5.88 Å². The summed E-state index contributed by atoms with van der Waals surface area (Å²) in [5.74, 6) is 0.185. The largest absolute Gasteiger partial charge is 0.475 e. The van der Waals surface area contributed by atoms with Crippen molar-refractivity contribution in [2.75, 3.05) is 19.0 Å². The highest BCUT2D eigenvalue weighted by Gasteiger charge is 2.43. The molecule has 9 heteroatoms. The van der Waals surface area contributed by atoms with Gasteiger partial charge in [-0.05, 0) is 85.2 Å². The molecule has 2 fully saturated rings. The van der Waals surface area contributed by atoms with Crippen LogP contribution in [0.4, 0.5) is 5.69 Å². The zero-order valence-electron chi connectivity index (χ0n) is 26.7. The van der Waals surface area contributed by atoms with Crippen molar-refractivity contribution in [1.29, 1.82) is 0 Å². The first-order valence-corrected chi connectivity index (χ1v) is 16.7. The third kappa shape index (κ3) is 6.02. The van der Waals surface area contributed by atoms with Gasteiger partial charge in [0.05, 0.1) is 24.9 Å². The van der Waals surface area contributed by atoms with E-state index >= 15 is 0 Å². The fraction of sp³-hybridized carbons (Fsp3) is 0.368. The minimum absolute atomic E-state index is 0.223. The van der Waals surface area contributed by atoms with E-state index < -0.39 is 11.5 Å². The van der Waals surface area contributed by atoms with Gasteiger partial charge in [-0.3, -0.25) is 9.59 Å². The quantitative estimate of drug-likeness (QED) is 0.168. The number of amides is 2. The van der Waals surface area contributed by atoms with E-state index in [1.807, 2.05) is 30.3 Å². The number of nitrogens with zero attached hydrogens (tertiary/aromatic N) is 2. The SMILES string of the molecule is COC(=O)C=Cc1ccc(NC(=O)C2(NC(=O)c3ccc4c(C5CCCCC5)c5n(c4c3)CCOc3ncccc3-5)CCCC2)cc1. The highest BCUT2D eigenvalue weighted by Crippen LogP contribution is 2.46. The van der Waals surface area contributed by atoms with Crippen LogP contribution in [0.2, 0.25) is 0 Å². The number of nitrogens with one attached hydrogen (secondary N) is 2. The van der Waals surface area contributed by atoms with Gasteiger partial charge in [-0.2, -0.15) is 0 Å². The first kappa shape index (κ1) is 30.7. The molecule has 2 saturated carbocycles. The van der Waals surface area contributed by atoms with Crippen molar-refractivity contribution in [1.82, 2.24) is 14.9 Å². The summed E-state index contributed by atoms with van der Waals surface area (Å²) >= 11 is 0. The number of benzene rings is 2. The van der Waals surface area contributed by atoms with Crippen LogP contribution in [-0.4, -0.2) is 46.6 Å². The lowest BCUT2D eigenvalue weighted by Gasteiger charge is -2.29. The predicted octanol–water partition coefficient (Wildman–Crippen LogP) is 7.01. The molecular weight excluding hydrogens is 592 g/mol. The molecule has 4 aromatic rings. The summed E-state index contributed by atoms with van der Waals surface area (Å²) in [6.45, 7) is 1.15. The van der Waals surface area contributed by atoms with Gasteiger partial charge in [0.25, 0.3) is 5.91 Å². The normalized spacial score (nSPS) is 17.4. The minimum atomic E-state index is -1.00. The molecule has 7 rings (SSSR count). The number of anilines is 1. The van der Waals surface area contributed by atoms with E-state index in [0.29, 0.717) is 49.0 Å². The van der Waals surface area contributed by atoms with E-state index in [1.165, 1.54) is 43.4 Å². The summed E-state index contributed by atoms with van der Waals surface area (Å²) in [5.41, 5.74) is 5.46. The standard InChI is InChI=1S/C38H40N4O5/c1-46-32(43)18-13-25-11-15-28(16-12-25)40-37(45)38(19-5-6-20-38)41-35(44)27-14-17-29-31(24-27)42-22-23-47-36-30(10-7-21-39-36)34(42)33(29)26-8-3-2-4-9-26/h7,10-18,21,24,26H,2-6,8-9,19-20,22-23H2,1H3,(H,40,45)(H,41,44). The van der Waals surface area contributed by atoms with Crippen molar-refractivity contribution >= 4 is 40.4 Å². The van der Waals surface area contributed by atoms with Crippen LogP contribution in [0.1, 0.15) is 85.2 Å². The molecule has 2 aliphatic carbocycles. The Hall–Kier alpha value is -4.92. The molecule has 0 unspecified atom stereocenters. The number of hydrogen-bond donors (Lipinski definition) is 2. The van der Waals surface area contributed by atoms with E-state index in [2.05, 4.69) is 37.1 Å². The minimum Gasteiger partial charge on any atom is -0.475 e. The van der Waals surface area contributed by atoms with E-state index in [9.17, 15) is 14.4 Å². The van der Waals surface area contributed by atoms with Crippen LogP contribution < -0.4 is 15.4 Å². The number of carbonyl (C=O) groups excluding carboxylic acids is 3. The molecule has 2 N–H and O–H groups in total. The zero-order chi connectivity index (χ0) is 32.4. The number of rotatable bonds is 7. The van der Waals surface area contributed by atoms with Crippen molar-refractivity contribution in [2.24, 2.45) is 0 Å². The second kappa shape index (κ2) is 13.1. The molecule has 0 saturated heterocycles. The Morgan fingerprint density at radius 3 is 2.55 bits per heavy atom. The number of esters is 1. The lowest BCUT2D eigenvalue weighted by atomic mass is 9.82. The number of pyridine rings is 1. The highest BCUT2D eigenvalue weighted by atomic mass is 16.5. The summed E-state index contributed by atoms with van der Waals surface area (Å²) < 4.78 is 13.0. The first-order valence-electron chi connectivity index (χ1n) is 16.7. The summed E-state index contributed by atoms with van der Waals surface area (Å²) in [6, 6.07) is 17.2. The van der Waals surface area contributed by atoms with Gasteiger partial charge in [0, 0.05) is 34.4 Å². The molecule has 3 aliphatic rings. The molecule has 242 valence electrons. The Bertz CT molecular complexity index is 1850. The van der Waals surface area contributed by atoms with E-state index in [-0.39, 0.29) is 11.8 Å². The Morgan fingerprint density at radius 1 is 1.00 bits per heavy atom. The average molecular weight is 633 g/mol. The van der Waals surface area contributed by atoms with Crippen molar-refractivity contribution in [3.63, 3.8) is 0 Å². The Morgan fingerprint density at radius 2 is 1.79 bits per heavy atom. The first-order chi connectivity index (χ1) is 23.0. The van der Waals surface area contributed by atoms with Crippen LogP contribution in [0.3, 0.4) is 0 Å². The number of ether oxygens (including phenoxy) is 2. The van der Waals surface area contributed by atoms with Crippen LogP contribution in [-0.2, 0) is 20.9 Å². The zero-order valence-corrected chi connectivity index (χ0v) is 26.7. The molecule has 2 amide bonds. The van der Waals surface area contributed by atoms with Crippen molar-refractivity contribution in [3.8, 4) is 17.1 Å².